The second-order valence-electron chi connectivity index (χ2n) is 12.8. The molecule has 238 valence electrons. The smallest absolute Gasteiger partial charge is 0.415 e. The van der Waals surface area contributed by atoms with Gasteiger partial charge in [0.05, 0.1) is 24.5 Å². The van der Waals surface area contributed by atoms with Crippen molar-refractivity contribution in [1.82, 2.24) is 0 Å². The fourth-order valence-electron chi connectivity index (χ4n) is 6.64. The maximum Gasteiger partial charge on any atom is 0.415 e. The summed E-state index contributed by atoms with van der Waals surface area (Å²) in [5.41, 5.74) is 1.17. The van der Waals surface area contributed by atoms with E-state index in [1.54, 1.807) is 23.1 Å². The van der Waals surface area contributed by atoms with E-state index in [1.807, 2.05) is 12.1 Å². The van der Waals surface area contributed by atoms with Crippen LogP contribution in [0.25, 0.3) is 0 Å². The Bertz CT molecular complexity index is 1640. The molecule has 0 aromatic heterocycles. The average molecular weight is 651 g/mol. The minimum Gasteiger partial charge on any atom is -0.489 e. The summed E-state index contributed by atoms with van der Waals surface area (Å²) >= 11 is 0. The number of benzene rings is 3. The van der Waals surface area contributed by atoms with Gasteiger partial charge in [-0.15, -0.1) is 0 Å². The number of carbonyl (C=O) groups excluding carboxylic acids is 2. The highest BCUT2D eigenvalue weighted by atomic mass is 32.2. The fourth-order valence-corrected chi connectivity index (χ4v) is 11.7. The summed E-state index contributed by atoms with van der Waals surface area (Å²) in [4.78, 5) is 29.6. The largest absolute Gasteiger partial charge is 0.489 e. The van der Waals surface area contributed by atoms with E-state index in [9.17, 15) is 18.0 Å². The van der Waals surface area contributed by atoms with Crippen LogP contribution in [0.1, 0.15) is 33.6 Å². The topological polar surface area (TPSA) is 112 Å². The summed E-state index contributed by atoms with van der Waals surface area (Å²) in [6.45, 7) is 6.96. The van der Waals surface area contributed by atoms with Crippen molar-refractivity contribution in [2.24, 2.45) is 0 Å². The Labute approximate surface area is 265 Å². The highest BCUT2D eigenvalue weighted by Gasteiger charge is 2.52. The Kier molecular flexibility index (Phi) is 8.27. The molecule has 0 unspecified atom stereocenters. The summed E-state index contributed by atoms with van der Waals surface area (Å²) in [6, 6.07) is 25.6. The summed E-state index contributed by atoms with van der Waals surface area (Å²) in [5.74, 6) is 0.403. The molecule has 3 aromatic carbocycles. The molecule has 0 spiro atoms. The Morgan fingerprint density at radius 1 is 0.956 bits per heavy atom. The number of carbonyl (C=O) groups is 2. The molecule has 3 heterocycles. The third-order valence-corrected chi connectivity index (χ3v) is 14.4. The minimum absolute atomic E-state index is 0.0450. The van der Waals surface area contributed by atoms with Gasteiger partial charge in [0, 0.05) is 18.3 Å². The molecule has 0 N–H and O–H groups in total. The SMILES string of the molecule is CC(C)(C)[Si](O[C@@H]1CCN(c2ccc3c(c2)OC[C@H]2[C@H](COS(C)(=O)=O)OC(=O)N32)C(=O)C1)(c1ccccc1)c1ccccc1. The molecule has 10 nitrogen and oxygen atoms in total. The quantitative estimate of drug-likeness (QED) is 0.267. The number of cyclic esters (lactones) is 1. The van der Waals surface area contributed by atoms with Crippen LogP contribution in [-0.4, -0.2) is 73.0 Å². The molecule has 2 fully saturated rings. The summed E-state index contributed by atoms with van der Waals surface area (Å²) in [7, 11) is -6.51. The third kappa shape index (κ3) is 5.99. The van der Waals surface area contributed by atoms with Gasteiger partial charge in [-0.2, -0.15) is 8.42 Å². The normalized spacial score (nSPS) is 22.0. The highest BCUT2D eigenvalue weighted by Crippen LogP contribution is 2.42. The maximum absolute atomic E-state index is 13.7. The number of anilines is 2. The van der Waals surface area contributed by atoms with Crippen molar-refractivity contribution in [1.29, 1.82) is 0 Å². The first kappa shape index (κ1) is 31.3. The predicted octanol–water partition coefficient (Wildman–Crippen LogP) is 3.82. The van der Waals surface area contributed by atoms with E-state index in [2.05, 4.69) is 69.3 Å². The molecule has 2 saturated heterocycles. The van der Waals surface area contributed by atoms with E-state index in [0.717, 1.165) is 6.26 Å². The molecule has 0 bridgehead atoms. The molecule has 3 aliphatic heterocycles. The van der Waals surface area contributed by atoms with Gasteiger partial charge in [-0.3, -0.25) is 13.9 Å². The van der Waals surface area contributed by atoms with Crippen LogP contribution >= 0.6 is 0 Å². The van der Waals surface area contributed by atoms with Gasteiger partial charge >= 0.3 is 6.09 Å². The number of amides is 2. The van der Waals surface area contributed by atoms with E-state index in [4.69, 9.17) is 18.1 Å². The van der Waals surface area contributed by atoms with Gasteiger partial charge in [-0.05, 0) is 34.0 Å². The summed E-state index contributed by atoms with van der Waals surface area (Å²) in [5, 5.41) is 2.15. The maximum atomic E-state index is 13.7. The number of nitrogens with zero attached hydrogens (tertiary/aromatic N) is 2. The minimum atomic E-state index is -3.70. The van der Waals surface area contributed by atoms with Crippen LogP contribution in [0.4, 0.5) is 16.2 Å². The number of fused-ring (bicyclic) bond motifs is 3. The van der Waals surface area contributed by atoms with Crippen molar-refractivity contribution in [3.63, 3.8) is 0 Å². The zero-order valence-electron chi connectivity index (χ0n) is 25.8. The van der Waals surface area contributed by atoms with E-state index in [1.165, 1.54) is 15.3 Å². The Morgan fingerprint density at radius 3 is 2.18 bits per heavy atom. The van der Waals surface area contributed by atoms with Crippen molar-refractivity contribution in [3.8, 4) is 5.75 Å². The highest BCUT2D eigenvalue weighted by molar-refractivity contribution is 7.85. The fraction of sp³-hybridized carbons (Fsp3) is 0.394. The van der Waals surface area contributed by atoms with Crippen LogP contribution in [-0.2, 0) is 28.3 Å². The third-order valence-electron chi connectivity index (χ3n) is 8.72. The van der Waals surface area contributed by atoms with E-state index in [-0.39, 0.29) is 36.7 Å². The van der Waals surface area contributed by atoms with Gasteiger partial charge in [0.15, 0.2) is 6.10 Å². The lowest BCUT2D eigenvalue weighted by Gasteiger charge is -2.46. The van der Waals surface area contributed by atoms with Gasteiger partial charge in [-0.1, -0.05) is 81.4 Å². The Hall–Kier alpha value is -3.71. The monoisotopic (exact) mass is 650 g/mol. The van der Waals surface area contributed by atoms with E-state index >= 15 is 0 Å². The van der Waals surface area contributed by atoms with Crippen LogP contribution in [0, 0.1) is 0 Å². The van der Waals surface area contributed by atoms with Crippen LogP contribution in [0.5, 0.6) is 5.75 Å². The van der Waals surface area contributed by atoms with Crippen molar-refractivity contribution < 1.29 is 36.1 Å². The van der Waals surface area contributed by atoms with Crippen molar-refractivity contribution in [3.05, 3.63) is 78.9 Å². The van der Waals surface area contributed by atoms with Crippen LogP contribution < -0.4 is 24.9 Å². The van der Waals surface area contributed by atoms with Gasteiger partial charge in [0.1, 0.15) is 25.0 Å². The van der Waals surface area contributed by atoms with Crippen LogP contribution in [0.15, 0.2) is 78.9 Å². The first-order valence-electron chi connectivity index (χ1n) is 15.1. The van der Waals surface area contributed by atoms with Gasteiger partial charge in [0.25, 0.3) is 18.4 Å². The van der Waals surface area contributed by atoms with Crippen molar-refractivity contribution in [2.45, 2.75) is 56.9 Å². The Balaban J connectivity index is 1.21. The van der Waals surface area contributed by atoms with Gasteiger partial charge in [-0.25, -0.2) is 4.79 Å². The molecule has 3 aliphatic rings. The first-order chi connectivity index (χ1) is 21.4. The Morgan fingerprint density at radius 2 is 1.60 bits per heavy atom. The molecule has 12 heteroatoms. The molecule has 3 aromatic rings. The lowest BCUT2D eigenvalue weighted by Crippen LogP contribution is -2.68. The average Bonchev–Trinajstić information content (AvgIpc) is 3.34. The second kappa shape index (κ2) is 11.9. The lowest BCUT2D eigenvalue weighted by atomic mass is 10.1. The van der Waals surface area contributed by atoms with Crippen LogP contribution in [0.3, 0.4) is 0 Å². The molecule has 0 saturated carbocycles. The van der Waals surface area contributed by atoms with E-state index in [0.29, 0.717) is 30.1 Å². The molecule has 2 amide bonds. The summed E-state index contributed by atoms with van der Waals surface area (Å²) < 4.78 is 46.4. The van der Waals surface area contributed by atoms with Gasteiger partial charge < -0.3 is 18.8 Å². The molecule has 6 rings (SSSR count). The van der Waals surface area contributed by atoms with Crippen molar-refractivity contribution in [2.75, 3.05) is 35.8 Å². The predicted molar refractivity (Wildman–Crippen MR) is 173 cm³/mol. The summed E-state index contributed by atoms with van der Waals surface area (Å²) in [6.07, 6.45) is 0.205. The number of hydrogen-bond acceptors (Lipinski definition) is 8. The molecular weight excluding hydrogens is 613 g/mol. The standard InChI is InChI=1S/C33H38N2O8SSi/c1-33(2,3)45(25-11-7-5-8-12-25,26-13-9-6-10-14-26)43-24-17-18-34(31(36)20-24)23-15-16-27-29(19-23)40-21-28-30(22-41-44(4,38)39)42-32(37)35(27)28/h5-16,19,24,28,30H,17-18,20-22H2,1-4H3/t24-,28+,30+/m1/s1. The number of rotatable bonds is 8. The molecular formula is C33H38N2O8SSi. The number of piperidine rings is 1. The molecule has 45 heavy (non-hydrogen) atoms. The molecule has 0 aliphatic carbocycles. The lowest BCUT2D eigenvalue weighted by molar-refractivity contribution is -0.121. The number of ether oxygens (including phenoxy) is 2. The number of hydrogen-bond donors (Lipinski definition) is 0. The second-order valence-corrected chi connectivity index (χ2v) is 18.6. The molecule has 0 radical (unpaired) electrons. The van der Waals surface area contributed by atoms with Crippen molar-refractivity contribution >= 4 is 52.2 Å². The van der Waals surface area contributed by atoms with Crippen LogP contribution in [0.2, 0.25) is 5.04 Å². The van der Waals surface area contributed by atoms with E-state index < -0.39 is 36.7 Å². The zero-order chi connectivity index (χ0) is 32.0. The zero-order valence-corrected chi connectivity index (χ0v) is 27.7. The van der Waals surface area contributed by atoms with Gasteiger partial charge in [0.2, 0.25) is 5.91 Å². The first-order valence-corrected chi connectivity index (χ1v) is 18.8. The molecule has 3 atom stereocenters.